The molecule has 0 radical (unpaired) electrons. The van der Waals surface area contributed by atoms with Crippen molar-refractivity contribution in [3.63, 3.8) is 0 Å². The molecule has 0 saturated carbocycles. The molecule has 1 atom stereocenters. The average molecular weight is 433 g/mol. The van der Waals surface area contributed by atoms with E-state index in [0.29, 0.717) is 15.7 Å². The van der Waals surface area contributed by atoms with Gasteiger partial charge in [-0.1, -0.05) is 17.7 Å². The van der Waals surface area contributed by atoms with E-state index < -0.39 is 23.9 Å². The lowest BCUT2D eigenvalue weighted by Crippen LogP contribution is -2.30. The number of carbonyl (C=O) groups excluding carboxylic acids is 3. The zero-order valence-corrected chi connectivity index (χ0v) is 17.1. The predicted molar refractivity (Wildman–Crippen MR) is 111 cm³/mol. The molecule has 2 N–H and O–H groups in total. The molecule has 29 heavy (non-hydrogen) atoms. The third kappa shape index (κ3) is 5.24. The van der Waals surface area contributed by atoms with Crippen LogP contribution in [0.4, 0.5) is 10.7 Å². The van der Waals surface area contributed by atoms with Crippen LogP contribution in [-0.2, 0) is 9.53 Å². The van der Waals surface area contributed by atoms with Crippen molar-refractivity contribution >= 4 is 51.4 Å². The highest BCUT2D eigenvalue weighted by Gasteiger charge is 2.21. The summed E-state index contributed by atoms with van der Waals surface area (Å²) < 4.78 is 10.2. The molecule has 1 unspecified atom stereocenters. The van der Waals surface area contributed by atoms with Gasteiger partial charge in [0.05, 0.1) is 11.3 Å². The fourth-order valence-corrected chi connectivity index (χ4v) is 3.29. The Labute approximate surface area is 175 Å². The summed E-state index contributed by atoms with van der Waals surface area (Å²) in [5.74, 6) is -1.42. The van der Waals surface area contributed by atoms with Crippen molar-refractivity contribution in [1.29, 1.82) is 0 Å². The first-order valence-corrected chi connectivity index (χ1v) is 9.75. The van der Waals surface area contributed by atoms with E-state index in [0.717, 1.165) is 16.9 Å². The molecule has 150 valence electrons. The molecular weight excluding hydrogens is 416 g/mol. The van der Waals surface area contributed by atoms with Crippen LogP contribution in [0.1, 0.15) is 32.7 Å². The summed E-state index contributed by atoms with van der Waals surface area (Å²) in [4.78, 5) is 36.9. The van der Waals surface area contributed by atoms with Crippen LogP contribution in [0.3, 0.4) is 0 Å². The molecule has 0 bridgehead atoms. The Balaban J connectivity index is 1.58. The molecule has 1 aromatic carbocycles. The Kier molecular flexibility index (Phi) is 6.36. The Morgan fingerprint density at radius 1 is 1.14 bits per heavy atom. The first-order chi connectivity index (χ1) is 13.8. The Morgan fingerprint density at radius 3 is 2.66 bits per heavy atom. The lowest BCUT2D eigenvalue weighted by atomic mass is 10.2. The number of ether oxygens (including phenoxy) is 1. The molecule has 0 spiro atoms. The largest absolute Gasteiger partial charge is 0.459 e. The molecule has 0 saturated heterocycles. The Bertz CT molecular complexity index is 1050. The van der Waals surface area contributed by atoms with Crippen LogP contribution in [0.5, 0.6) is 0 Å². The number of hydrogen-bond donors (Lipinski definition) is 2. The maximum absolute atomic E-state index is 12.3. The number of thiophene rings is 1. The highest BCUT2D eigenvalue weighted by Crippen LogP contribution is 2.24. The van der Waals surface area contributed by atoms with E-state index in [1.807, 2.05) is 6.92 Å². The van der Waals surface area contributed by atoms with E-state index in [1.54, 1.807) is 30.3 Å². The van der Waals surface area contributed by atoms with Gasteiger partial charge in [0.2, 0.25) is 0 Å². The zero-order valence-electron chi connectivity index (χ0n) is 15.5. The van der Waals surface area contributed by atoms with E-state index in [-0.39, 0.29) is 10.6 Å². The maximum Gasteiger partial charge on any atom is 0.349 e. The van der Waals surface area contributed by atoms with Gasteiger partial charge in [-0.05, 0) is 55.8 Å². The average Bonchev–Trinajstić information content (AvgIpc) is 3.36. The maximum atomic E-state index is 12.3. The van der Waals surface area contributed by atoms with Gasteiger partial charge in [-0.15, -0.1) is 11.3 Å². The van der Waals surface area contributed by atoms with Gasteiger partial charge in [0.1, 0.15) is 4.88 Å². The fourth-order valence-electron chi connectivity index (χ4n) is 2.33. The van der Waals surface area contributed by atoms with Gasteiger partial charge in [-0.25, -0.2) is 4.79 Å². The van der Waals surface area contributed by atoms with Crippen LogP contribution >= 0.6 is 22.9 Å². The summed E-state index contributed by atoms with van der Waals surface area (Å²) in [6.45, 7) is 3.30. The number of halogens is 1. The van der Waals surface area contributed by atoms with Crippen molar-refractivity contribution < 1.29 is 23.5 Å². The minimum Gasteiger partial charge on any atom is -0.459 e. The Hall–Kier alpha value is -3.10. The van der Waals surface area contributed by atoms with Crippen molar-refractivity contribution in [1.82, 2.24) is 0 Å². The highest BCUT2D eigenvalue weighted by molar-refractivity contribution is 7.18. The van der Waals surface area contributed by atoms with Gasteiger partial charge < -0.3 is 19.8 Å². The topological polar surface area (TPSA) is 97.6 Å². The second-order valence-corrected chi connectivity index (χ2v) is 7.61. The number of anilines is 2. The number of benzene rings is 1. The summed E-state index contributed by atoms with van der Waals surface area (Å²) in [5.41, 5.74) is 1.38. The predicted octanol–water partition coefficient (Wildman–Crippen LogP) is 4.74. The molecule has 2 amide bonds. The van der Waals surface area contributed by atoms with E-state index >= 15 is 0 Å². The van der Waals surface area contributed by atoms with Crippen LogP contribution in [0, 0.1) is 6.92 Å². The molecule has 7 nitrogen and oxygen atoms in total. The van der Waals surface area contributed by atoms with Crippen LogP contribution in [0.15, 0.2) is 53.1 Å². The minimum atomic E-state index is -1.02. The lowest BCUT2D eigenvalue weighted by molar-refractivity contribution is -0.123. The van der Waals surface area contributed by atoms with E-state index in [9.17, 15) is 14.4 Å². The minimum absolute atomic E-state index is 0.157. The SMILES string of the molecule is Cc1ccc(Cl)cc1NC(=O)C(C)OC(=O)c1ccc(NC(=O)c2ccco2)s1. The normalized spacial score (nSPS) is 11.6. The summed E-state index contributed by atoms with van der Waals surface area (Å²) in [6.07, 6.45) is 0.368. The van der Waals surface area contributed by atoms with Crippen molar-refractivity contribution in [3.8, 4) is 0 Å². The lowest BCUT2D eigenvalue weighted by Gasteiger charge is -2.14. The third-order valence-corrected chi connectivity index (χ3v) is 5.12. The van der Waals surface area contributed by atoms with E-state index in [1.165, 1.54) is 25.3 Å². The molecular formula is C20H17ClN2O5S. The smallest absolute Gasteiger partial charge is 0.349 e. The van der Waals surface area contributed by atoms with E-state index in [4.69, 9.17) is 20.8 Å². The van der Waals surface area contributed by atoms with Gasteiger partial charge in [-0.2, -0.15) is 0 Å². The molecule has 2 aromatic heterocycles. The molecule has 3 aromatic rings. The van der Waals surface area contributed by atoms with Crippen LogP contribution in [-0.4, -0.2) is 23.9 Å². The van der Waals surface area contributed by atoms with Crippen LogP contribution < -0.4 is 10.6 Å². The molecule has 0 aliphatic heterocycles. The molecule has 9 heteroatoms. The Morgan fingerprint density at radius 2 is 1.93 bits per heavy atom. The first-order valence-electron chi connectivity index (χ1n) is 8.56. The molecule has 2 heterocycles. The molecule has 0 aliphatic carbocycles. The van der Waals surface area contributed by atoms with Crippen molar-refractivity contribution in [3.05, 3.63) is 70.0 Å². The summed E-state index contributed by atoms with van der Waals surface area (Å²) in [5, 5.41) is 6.25. The van der Waals surface area contributed by atoms with Crippen molar-refractivity contribution in [2.24, 2.45) is 0 Å². The van der Waals surface area contributed by atoms with Gasteiger partial charge in [-0.3, -0.25) is 9.59 Å². The quantitative estimate of drug-likeness (QED) is 0.548. The summed E-state index contributed by atoms with van der Waals surface area (Å²) in [6, 6.07) is 11.3. The van der Waals surface area contributed by atoms with Gasteiger partial charge >= 0.3 is 5.97 Å². The number of carbonyl (C=O) groups is 3. The van der Waals surface area contributed by atoms with Crippen LogP contribution in [0.25, 0.3) is 0 Å². The monoisotopic (exact) mass is 432 g/mol. The summed E-state index contributed by atoms with van der Waals surface area (Å²) in [7, 11) is 0. The van der Waals surface area contributed by atoms with Gasteiger partial charge in [0.15, 0.2) is 11.9 Å². The van der Waals surface area contributed by atoms with E-state index in [2.05, 4.69) is 10.6 Å². The first kappa shape index (κ1) is 20.6. The van der Waals surface area contributed by atoms with Gasteiger partial charge in [0, 0.05) is 10.7 Å². The highest BCUT2D eigenvalue weighted by atomic mass is 35.5. The number of aryl methyl sites for hydroxylation is 1. The number of esters is 1. The second-order valence-electron chi connectivity index (χ2n) is 6.09. The summed E-state index contributed by atoms with van der Waals surface area (Å²) >= 11 is 6.98. The zero-order chi connectivity index (χ0) is 21.0. The number of rotatable bonds is 6. The number of hydrogen-bond acceptors (Lipinski definition) is 6. The number of amides is 2. The number of furan rings is 1. The molecule has 0 aliphatic rings. The third-order valence-electron chi connectivity index (χ3n) is 3.90. The standard InChI is InChI=1S/C20H17ClN2O5S/c1-11-5-6-13(21)10-14(11)22-18(24)12(2)28-20(26)16-7-8-17(29-16)23-19(25)15-4-3-9-27-15/h3-10,12H,1-2H3,(H,22,24)(H,23,25). The second kappa shape index (κ2) is 8.93. The molecule has 0 fully saturated rings. The van der Waals surface area contributed by atoms with Crippen LogP contribution in [0.2, 0.25) is 5.02 Å². The van der Waals surface area contributed by atoms with Crippen molar-refractivity contribution in [2.75, 3.05) is 10.6 Å². The van der Waals surface area contributed by atoms with Crippen molar-refractivity contribution in [2.45, 2.75) is 20.0 Å². The fraction of sp³-hybridized carbons (Fsp3) is 0.150. The number of nitrogens with one attached hydrogen (secondary N) is 2. The van der Waals surface area contributed by atoms with Gasteiger partial charge in [0.25, 0.3) is 11.8 Å². The molecule has 3 rings (SSSR count).